The van der Waals surface area contributed by atoms with Crippen molar-refractivity contribution in [3.63, 3.8) is 0 Å². The lowest BCUT2D eigenvalue weighted by Gasteiger charge is -2.32. The van der Waals surface area contributed by atoms with Crippen LogP contribution in [0.1, 0.15) is 19.8 Å². The highest BCUT2D eigenvalue weighted by Crippen LogP contribution is 2.16. The zero-order valence-corrected chi connectivity index (χ0v) is 8.49. The number of hydrogen-bond acceptors (Lipinski definition) is 2. The molecule has 76 valence electrons. The predicted molar refractivity (Wildman–Crippen MR) is 52.2 cm³/mol. The van der Waals surface area contributed by atoms with Gasteiger partial charge in [0, 0.05) is 20.1 Å². The van der Waals surface area contributed by atoms with Gasteiger partial charge in [0.05, 0.1) is 6.67 Å². The second-order valence-electron chi connectivity index (χ2n) is 3.83. The Labute approximate surface area is 79.7 Å². The van der Waals surface area contributed by atoms with Crippen LogP contribution in [0.15, 0.2) is 0 Å². The van der Waals surface area contributed by atoms with Crippen molar-refractivity contribution >= 4 is 6.03 Å². The molecule has 1 heterocycles. The van der Waals surface area contributed by atoms with E-state index in [2.05, 4.69) is 6.92 Å². The number of nitrogens with zero attached hydrogens (tertiary/aromatic N) is 2. The summed E-state index contributed by atoms with van der Waals surface area (Å²) < 4.78 is 0. The van der Waals surface area contributed by atoms with Crippen molar-refractivity contribution in [2.75, 3.05) is 26.8 Å². The number of nitrogens with two attached hydrogens (primary N) is 1. The van der Waals surface area contributed by atoms with Crippen molar-refractivity contribution in [3.05, 3.63) is 0 Å². The zero-order chi connectivity index (χ0) is 9.84. The molecular weight excluding hydrogens is 166 g/mol. The molecule has 1 aliphatic rings. The van der Waals surface area contributed by atoms with Gasteiger partial charge >= 0.3 is 6.03 Å². The van der Waals surface area contributed by atoms with Gasteiger partial charge in [-0.2, -0.15) is 0 Å². The third kappa shape index (κ3) is 2.59. The number of piperidine rings is 1. The molecule has 0 atom stereocenters. The molecule has 0 spiro atoms. The molecule has 1 rings (SSSR count). The number of likely N-dealkylation sites (tertiary alicyclic amines) is 1. The average Bonchev–Trinajstić information content (AvgIpc) is 2.17. The van der Waals surface area contributed by atoms with Crippen LogP contribution in [0.2, 0.25) is 0 Å². The van der Waals surface area contributed by atoms with Gasteiger partial charge in [0.2, 0.25) is 0 Å². The number of hydrogen-bond donors (Lipinski definition) is 1. The summed E-state index contributed by atoms with van der Waals surface area (Å²) in [5.41, 5.74) is 5.39. The molecule has 0 aromatic carbocycles. The van der Waals surface area contributed by atoms with Gasteiger partial charge in [-0.3, -0.25) is 0 Å². The number of carbonyl (C=O) groups is 1. The van der Waals surface area contributed by atoms with E-state index in [0.29, 0.717) is 6.67 Å². The third-order valence-electron chi connectivity index (χ3n) is 2.65. The van der Waals surface area contributed by atoms with Crippen molar-refractivity contribution < 1.29 is 4.79 Å². The van der Waals surface area contributed by atoms with Gasteiger partial charge in [0.15, 0.2) is 0 Å². The van der Waals surface area contributed by atoms with Crippen molar-refractivity contribution in [2.45, 2.75) is 19.8 Å². The Morgan fingerprint density at radius 1 is 1.54 bits per heavy atom. The summed E-state index contributed by atoms with van der Waals surface area (Å²) in [5, 5.41) is 0. The fourth-order valence-electron chi connectivity index (χ4n) is 1.52. The minimum Gasteiger partial charge on any atom is -0.325 e. The third-order valence-corrected chi connectivity index (χ3v) is 2.65. The molecule has 0 aromatic heterocycles. The fraction of sp³-hybridized carbons (Fsp3) is 0.889. The van der Waals surface area contributed by atoms with E-state index in [9.17, 15) is 4.79 Å². The Balaban J connectivity index is 2.40. The minimum absolute atomic E-state index is 0.0643. The Bertz CT molecular complexity index is 176. The average molecular weight is 185 g/mol. The molecule has 2 amide bonds. The van der Waals surface area contributed by atoms with Crippen LogP contribution in [-0.4, -0.2) is 42.6 Å². The van der Waals surface area contributed by atoms with E-state index in [0.717, 1.165) is 31.8 Å². The van der Waals surface area contributed by atoms with Crippen LogP contribution in [0.4, 0.5) is 4.79 Å². The Hall–Kier alpha value is -0.770. The maximum atomic E-state index is 11.6. The van der Waals surface area contributed by atoms with Gasteiger partial charge in [0.1, 0.15) is 0 Å². The summed E-state index contributed by atoms with van der Waals surface area (Å²) in [5.74, 6) is 0.757. The van der Waals surface area contributed by atoms with E-state index < -0.39 is 0 Å². The lowest BCUT2D eigenvalue weighted by atomic mass is 10.00. The molecule has 1 aliphatic heterocycles. The van der Waals surface area contributed by atoms with Gasteiger partial charge in [-0.25, -0.2) is 4.79 Å². The Morgan fingerprint density at radius 3 is 2.54 bits per heavy atom. The molecule has 4 heteroatoms. The monoisotopic (exact) mass is 185 g/mol. The number of urea groups is 1. The van der Waals surface area contributed by atoms with E-state index in [-0.39, 0.29) is 6.03 Å². The summed E-state index contributed by atoms with van der Waals surface area (Å²) in [6, 6.07) is 0.0643. The molecule has 1 saturated heterocycles. The quantitative estimate of drug-likeness (QED) is 0.611. The van der Waals surface area contributed by atoms with Gasteiger partial charge in [-0.05, 0) is 18.8 Å². The van der Waals surface area contributed by atoms with Gasteiger partial charge in [-0.15, -0.1) is 0 Å². The van der Waals surface area contributed by atoms with Gasteiger partial charge < -0.3 is 15.5 Å². The normalized spacial score (nSPS) is 18.8. The van der Waals surface area contributed by atoms with Crippen LogP contribution < -0.4 is 5.73 Å². The SMILES string of the molecule is CC1CCN(C(=O)N(C)CN)CC1. The van der Waals surface area contributed by atoms with Crippen LogP contribution in [0.5, 0.6) is 0 Å². The van der Waals surface area contributed by atoms with E-state index in [1.54, 1.807) is 11.9 Å². The van der Waals surface area contributed by atoms with Crippen molar-refractivity contribution in [1.29, 1.82) is 0 Å². The molecule has 0 bridgehead atoms. The lowest BCUT2D eigenvalue weighted by molar-refractivity contribution is 0.144. The summed E-state index contributed by atoms with van der Waals surface area (Å²) in [4.78, 5) is 15.0. The van der Waals surface area contributed by atoms with E-state index in [1.807, 2.05) is 4.90 Å². The molecule has 1 fully saturated rings. The largest absolute Gasteiger partial charge is 0.325 e. The van der Waals surface area contributed by atoms with Gasteiger partial charge in [-0.1, -0.05) is 6.92 Å². The first-order chi connectivity index (χ1) is 6.15. The van der Waals surface area contributed by atoms with Crippen LogP contribution in [0.25, 0.3) is 0 Å². The summed E-state index contributed by atoms with van der Waals surface area (Å²) >= 11 is 0. The van der Waals surface area contributed by atoms with E-state index >= 15 is 0 Å². The molecule has 0 unspecified atom stereocenters. The molecular formula is C9H19N3O. The van der Waals surface area contributed by atoms with Crippen LogP contribution in [0.3, 0.4) is 0 Å². The zero-order valence-electron chi connectivity index (χ0n) is 8.49. The predicted octanol–water partition coefficient (Wildman–Crippen LogP) is 0.686. The second kappa shape index (κ2) is 4.46. The molecule has 4 nitrogen and oxygen atoms in total. The standard InChI is InChI=1S/C9H19N3O/c1-8-3-5-12(6-4-8)9(13)11(2)7-10/h8H,3-7,10H2,1-2H3. The maximum absolute atomic E-state index is 11.6. The first-order valence-electron chi connectivity index (χ1n) is 4.85. The Morgan fingerprint density at radius 2 is 2.08 bits per heavy atom. The maximum Gasteiger partial charge on any atom is 0.320 e. The molecule has 0 saturated carbocycles. The summed E-state index contributed by atoms with van der Waals surface area (Å²) in [6.45, 7) is 4.29. The minimum atomic E-state index is 0.0643. The highest BCUT2D eigenvalue weighted by molar-refractivity contribution is 5.74. The first-order valence-corrected chi connectivity index (χ1v) is 4.85. The van der Waals surface area contributed by atoms with Gasteiger partial charge in [0.25, 0.3) is 0 Å². The number of amides is 2. The molecule has 0 radical (unpaired) electrons. The lowest BCUT2D eigenvalue weighted by Crippen LogP contribution is -2.46. The number of rotatable bonds is 1. The first kappa shape index (κ1) is 10.3. The molecule has 0 aliphatic carbocycles. The van der Waals surface area contributed by atoms with Crippen molar-refractivity contribution in [1.82, 2.24) is 9.80 Å². The highest BCUT2D eigenvalue weighted by atomic mass is 16.2. The van der Waals surface area contributed by atoms with Crippen LogP contribution in [0, 0.1) is 5.92 Å². The van der Waals surface area contributed by atoms with E-state index in [1.165, 1.54) is 0 Å². The van der Waals surface area contributed by atoms with E-state index in [4.69, 9.17) is 5.73 Å². The van der Waals surface area contributed by atoms with Crippen LogP contribution >= 0.6 is 0 Å². The summed E-state index contributed by atoms with van der Waals surface area (Å²) in [7, 11) is 1.74. The van der Waals surface area contributed by atoms with Crippen LogP contribution in [-0.2, 0) is 0 Å². The summed E-state index contributed by atoms with van der Waals surface area (Å²) in [6.07, 6.45) is 2.23. The number of carbonyl (C=O) groups excluding carboxylic acids is 1. The fourth-order valence-corrected chi connectivity index (χ4v) is 1.52. The second-order valence-corrected chi connectivity index (χ2v) is 3.83. The Kier molecular flexibility index (Phi) is 3.54. The topological polar surface area (TPSA) is 49.6 Å². The molecule has 2 N–H and O–H groups in total. The van der Waals surface area contributed by atoms with Crippen molar-refractivity contribution in [2.24, 2.45) is 11.7 Å². The molecule has 0 aromatic rings. The highest BCUT2D eigenvalue weighted by Gasteiger charge is 2.21. The molecule has 13 heavy (non-hydrogen) atoms. The van der Waals surface area contributed by atoms with Crippen molar-refractivity contribution in [3.8, 4) is 0 Å². The smallest absolute Gasteiger partial charge is 0.320 e.